The van der Waals surface area contributed by atoms with Gasteiger partial charge in [-0.1, -0.05) is 0 Å². The third kappa shape index (κ3) is 2.57. The van der Waals surface area contributed by atoms with Gasteiger partial charge in [-0.3, -0.25) is 0 Å². The van der Waals surface area contributed by atoms with Crippen molar-refractivity contribution < 1.29 is 20.1 Å². The number of hydrogen-bond acceptors (Lipinski definition) is 4. The van der Waals surface area contributed by atoms with Crippen LogP contribution in [0.3, 0.4) is 0 Å². The topological polar surface area (TPSA) is 84.2 Å². The van der Waals surface area contributed by atoms with Crippen LogP contribution in [-0.2, 0) is 0 Å². The molecule has 82 valence electrons. The van der Waals surface area contributed by atoms with Crippen LogP contribution in [0.25, 0.3) is 0 Å². The van der Waals surface area contributed by atoms with Crippen LogP contribution in [0.15, 0.2) is 0 Å². The Morgan fingerprint density at radius 2 is 1.93 bits per heavy atom. The van der Waals surface area contributed by atoms with Crippen molar-refractivity contribution in [3.63, 3.8) is 0 Å². The Morgan fingerprint density at radius 3 is 2.50 bits per heavy atom. The van der Waals surface area contributed by atoms with Gasteiger partial charge in [0.05, 0.1) is 25.9 Å². The van der Waals surface area contributed by atoms with E-state index in [0.717, 1.165) is 0 Å². The van der Waals surface area contributed by atoms with Gasteiger partial charge in [0.25, 0.3) is 0 Å². The van der Waals surface area contributed by atoms with Crippen LogP contribution in [0.5, 0.6) is 0 Å². The van der Waals surface area contributed by atoms with E-state index < -0.39 is 6.10 Å². The highest BCUT2D eigenvalue weighted by Crippen LogP contribution is 2.08. The van der Waals surface area contributed by atoms with E-state index in [1.807, 2.05) is 0 Å². The van der Waals surface area contributed by atoms with Crippen molar-refractivity contribution in [3.05, 3.63) is 0 Å². The number of carbonyl (C=O) groups is 1. The zero-order valence-electron chi connectivity index (χ0n) is 7.96. The third-order valence-electron chi connectivity index (χ3n) is 2.19. The SMILES string of the molecule is O=C1N(CCO)CCN1CC(O)CO. The summed E-state index contributed by atoms with van der Waals surface area (Å²) >= 11 is 0. The van der Waals surface area contributed by atoms with Crippen LogP contribution in [0.2, 0.25) is 0 Å². The first-order valence-electron chi connectivity index (χ1n) is 4.62. The number of amides is 2. The van der Waals surface area contributed by atoms with Gasteiger partial charge in [0.2, 0.25) is 0 Å². The van der Waals surface area contributed by atoms with Gasteiger partial charge in [0.15, 0.2) is 0 Å². The standard InChI is InChI=1S/C8H16N2O4/c11-4-3-9-1-2-10(8(9)14)5-7(13)6-12/h7,11-13H,1-6H2. The van der Waals surface area contributed by atoms with Crippen molar-refractivity contribution in [1.82, 2.24) is 9.80 Å². The number of aliphatic hydroxyl groups is 3. The molecule has 0 aliphatic carbocycles. The van der Waals surface area contributed by atoms with Crippen LogP contribution < -0.4 is 0 Å². The fraction of sp³-hybridized carbons (Fsp3) is 0.875. The van der Waals surface area contributed by atoms with Crippen LogP contribution >= 0.6 is 0 Å². The highest BCUT2D eigenvalue weighted by molar-refractivity contribution is 5.76. The molecule has 3 N–H and O–H groups in total. The molecule has 0 aromatic rings. The quantitative estimate of drug-likeness (QED) is 0.487. The first kappa shape index (κ1) is 11.2. The Labute approximate surface area is 82.4 Å². The van der Waals surface area contributed by atoms with Gasteiger partial charge in [-0.25, -0.2) is 4.79 Å². The molecule has 1 heterocycles. The summed E-state index contributed by atoms with van der Waals surface area (Å²) in [5.41, 5.74) is 0. The summed E-state index contributed by atoms with van der Waals surface area (Å²) in [6.07, 6.45) is -0.881. The van der Waals surface area contributed by atoms with E-state index in [-0.39, 0.29) is 25.8 Å². The second-order valence-electron chi connectivity index (χ2n) is 3.28. The molecule has 2 amide bonds. The van der Waals surface area contributed by atoms with Crippen molar-refractivity contribution in [1.29, 1.82) is 0 Å². The van der Waals surface area contributed by atoms with Crippen molar-refractivity contribution >= 4 is 6.03 Å². The van der Waals surface area contributed by atoms with Gasteiger partial charge in [0, 0.05) is 19.6 Å². The molecule has 1 aliphatic rings. The molecule has 6 heteroatoms. The van der Waals surface area contributed by atoms with Crippen molar-refractivity contribution in [2.75, 3.05) is 39.4 Å². The third-order valence-corrected chi connectivity index (χ3v) is 2.19. The smallest absolute Gasteiger partial charge is 0.320 e. The van der Waals surface area contributed by atoms with E-state index in [0.29, 0.717) is 19.6 Å². The molecule has 1 atom stereocenters. The molecule has 1 unspecified atom stereocenters. The Kier molecular flexibility index (Phi) is 4.12. The van der Waals surface area contributed by atoms with E-state index in [9.17, 15) is 4.79 Å². The second-order valence-corrected chi connectivity index (χ2v) is 3.28. The van der Waals surface area contributed by atoms with Gasteiger partial charge < -0.3 is 25.1 Å². The number of aliphatic hydroxyl groups excluding tert-OH is 3. The zero-order chi connectivity index (χ0) is 10.6. The zero-order valence-corrected chi connectivity index (χ0v) is 7.96. The minimum atomic E-state index is -0.881. The summed E-state index contributed by atoms with van der Waals surface area (Å²) in [5, 5.41) is 26.4. The molecule has 1 aliphatic heterocycles. The molecule has 1 fully saturated rings. The largest absolute Gasteiger partial charge is 0.395 e. The molecule has 6 nitrogen and oxygen atoms in total. The van der Waals surface area contributed by atoms with Crippen molar-refractivity contribution in [2.45, 2.75) is 6.10 Å². The van der Waals surface area contributed by atoms with E-state index in [2.05, 4.69) is 0 Å². The number of hydrogen-bond donors (Lipinski definition) is 3. The lowest BCUT2D eigenvalue weighted by atomic mass is 10.3. The molecular weight excluding hydrogens is 188 g/mol. The van der Waals surface area contributed by atoms with Crippen LogP contribution in [0.4, 0.5) is 4.79 Å². The first-order valence-corrected chi connectivity index (χ1v) is 4.62. The Bertz CT molecular complexity index is 200. The maximum atomic E-state index is 11.5. The van der Waals surface area contributed by atoms with Gasteiger partial charge in [-0.2, -0.15) is 0 Å². The molecule has 0 bridgehead atoms. The molecule has 0 radical (unpaired) electrons. The molecule has 14 heavy (non-hydrogen) atoms. The highest BCUT2D eigenvalue weighted by atomic mass is 16.3. The molecule has 0 aromatic heterocycles. The van der Waals surface area contributed by atoms with Gasteiger partial charge in [-0.05, 0) is 0 Å². The summed E-state index contributed by atoms with van der Waals surface area (Å²) in [6.45, 7) is 1.18. The van der Waals surface area contributed by atoms with Crippen LogP contribution in [0.1, 0.15) is 0 Å². The lowest BCUT2D eigenvalue weighted by Crippen LogP contribution is -2.38. The monoisotopic (exact) mass is 204 g/mol. The summed E-state index contributed by atoms with van der Waals surface area (Å²) in [5.74, 6) is 0. The minimum Gasteiger partial charge on any atom is -0.395 e. The van der Waals surface area contributed by atoms with E-state index in [1.54, 1.807) is 0 Å². The number of nitrogens with zero attached hydrogens (tertiary/aromatic N) is 2. The van der Waals surface area contributed by atoms with E-state index >= 15 is 0 Å². The molecule has 1 saturated heterocycles. The highest BCUT2D eigenvalue weighted by Gasteiger charge is 2.28. The molecule has 0 saturated carbocycles. The predicted molar refractivity (Wildman–Crippen MR) is 48.7 cm³/mol. The van der Waals surface area contributed by atoms with Crippen LogP contribution in [-0.4, -0.2) is 76.6 Å². The maximum absolute atomic E-state index is 11.5. The molecule has 1 rings (SSSR count). The lowest BCUT2D eigenvalue weighted by molar-refractivity contribution is 0.0714. The van der Waals surface area contributed by atoms with Gasteiger partial charge >= 0.3 is 6.03 Å². The van der Waals surface area contributed by atoms with Gasteiger partial charge in [0.1, 0.15) is 0 Å². The Balaban J connectivity index is 2.39. The fourth-order valence-electron chi connectivity index (χ4n) is 1.44. The van der Waals surface area contributed by atoms with Crippen molar-refractivity contribution in [3.8, 4) is 0 Å². The van der Waals surface area contributed by atoms with E-state index in [1.165, 1.54) is 9.80 Å². The van der Waals surface area contributed by atoms with E-state index in [4.69, 9.17) is 15.3 Å². The van der Waals surface area contributed by atoms with Gasteiger partial charge in [-0.15, -0.1) is 0 Å². The maximum Gasteiger partial charge on any atom is 0.320 e. The summed E-state index contributed by atoms with van der Waals surface area (Å²) < 4.78 is 0. The average molecular weight is 204 g/mol. The molecule has 0 aromatic carbocycles. The fourth-order valence-corrected chi connectivity index (χ4v) is 1.44. The Morgan fingerprint density at radius 1 is 1.29 bits per heavy atom. The Hall–Kier alpha value is -0.850. The number of rotatable bonds is 5. The number of carbonyl (C=O) groups excluding carboxylic acids is 1. The lowest BCUT2D eigenvalue weighted by Gasteiger charge is -2.19. The number of urea groups is 1. The first-order chi connectivity index (χ1) is 6.69. The summed E-state index contributed by atoms with van der Waals surface area (Å²) in [6, 6.07) is -0.188. The van der Waals surface area contributed by atoms with Crippen LogP contribution in [0, 0.1) is 0 Å². The average Bonchev–Trinajstić information content (AvgIpc) is 2.50. The predicted octanol–water partition coefficient (Wildman–Crippen LogP) is -1.93. The molecule has 0 spiro atoms. The summed E-state index contributed by atoms with van der Waals surface area (Å²) in [4.78, 5) is 14.5. The normalized spacial score (nSPS) is 19.2. The second kappa shape index (κ2) is 5.14. The van der Waals surface area contributed by atoms with Crippen molar-refractivity contribution in [2.24, 2.45) is 0 Å². The summed E-state index contributed by atoms with van der Waals surface area (Å²) in [7, 11) is 0. The number of β-amino-alcohol motifs (C(OH)–C–C–N with tert-alkyl or cyclic N) is 2. The minimum absolute atomic E-state index is 0.0534. The molecular formula is C8H16N2O4.